The normalized spacial score (nSPS) is 30.3. The summed E-state index contributed by atoms with van der Waals surface area (Å²) in [6.07, 6.45) is 7.09. The first kappa shape index (κ1) is 15.2. The molecule has 128 valence electrons. The molecule has 6 nitrogen and oxygen atoms in total. The summed E-state index contributed by atoms with van der Waals surface area (Å²) in [5, 5.41) is 0.620. The van der Waals surface area contributed by atoms with E-state index in [-0.39, 0.29) is 12.2 Å². The van der Waals surface area contributed by atoms with Gasteiger partial charge in [-0.15, -0.1) is 0 Å². The number of benzene rings is 1. The average molecular weight is 354 g/mol. The van der Waals surface area contributed by atoms with E-state index in [1.54, 1.807) is 11.8 Å². The number of hydrogen-bond donors (Lipinski definition) is 1. The van der Waals surface area contributed by atoms with Crippen LogP contribution in [-0.4, -0.2) is 39.7 Å². The molecule has 3 aliphatic heterocycles. The lowest BCUT2D eigenvalue weighted by molar-refractivity contribution is -0.108. The van der Waals surface area contributed by atoms with E-state index >= 15 is 0 Å². The zero-order chi connectivity index (χ0) is 16.9. The van der Waals surface area contributed by atoms with E-state index in [9.17, 15) is 0 Å². The first-order chi connectivity index (χ1) is 12.3. The number of aromatic nitrogens is 2. The summed E-state index contributed by atoms with van der Waals surface area (Å²) >= 11 is 1.59. The summed E-state index contributed by atoms with van der Waals surface area (Å²) in [5.41, 5.74) is 8.65. The number of aliphatic imine (C=N–C) groups is 1. The van der Waals surface area contributed by atoms with Crippen LogP contribution in [0.15, 0.2) is 41.9 Å². The van der Waals surface area contributed by atoms with Gasteiger partial charge in [0.05, 0.1) is 0 Å². The summed E-state index contributed by atoms with van der Waals surface area (Å²) in [7, 11) is 0. The quantitative estimate of drug-likeness (QED) is 0.846. The van der Waals surface area contributed by atoms with Crippen LogP contribution in [-0.2, 0) is 10.3 Å². The smallest absolute Gasteiger partial charge is 0.155 e. The summed E-state index contributed by atoms with van der Waals surface area (Å²) < 4.78 is 12.4. The SMILES string of the molecule is NC1=NC2(CS1)c1cc(-c3cncnc3)ccc1OC1CCCO[C@@H]12. The maximum absolute atomic E-state index is 6.27. The van der Waals surface area contributed by atoms with Crippen molar-refractivity contribution < 1.29 is 9.47 Å². The van der Waals surface area contributed by atoms with Crippen LogP contribution in [0.4, 0.5) is 0 Å². The van der Waals surface area contributed by atoms with Crippen molar-refractivity contribution in [2.45, 2.75) is 30.6 Å². The van der Waals surface area contributed by atoms with Crippen molar-refractivity contribution in [2.75, 3.05) is 12.4 Å². The predicted octanol–water partition coefficient (Wildman–Crippen LogP) is 2.34. The van der Waals surface area contributed by atoms with Gasteiger partial charge in [-0.25, -0.2) is 15.0 Å². The number of rotatable bonds is 1. The predicted molar refractivity (Wildman–Crippen MR) is 96.6 cm³/mol. The fourth-order valence-electron chi connectivity index (χ4n) is 3.96. The van der Waals surface area contributed by atoms with Gasteiger partial charge in [-0.1, -0.05) is 17.8 Å². The molecule has 5 rings (SSSR count). The molecule has 0 radical (unpaired) electrons. The highest BCUT2D eigenvalue weighted by Crippen LogP contribution is 2.51. The Balaban J connectivity index is 1.68. The van der Waals surface area contributed by atoms with Gasteiger partial charge in [0.1, 0.15) is 29.8 Å². The number of ether oxygens (including phenoxy) is 2. The number of hydrogen-bond acceptors (Lipinski definition) is 7. The molecule has 0 saturated carbocycles. The van der Waals surface area contributed by atoms with Crippen LogP contribution < -0.4 is 10.5 Å². The van der Waals surface area contributed by atoms with Crippen molar-refractivity contribution in [2.24, 2.45) is 10.7 Å². The molecule has 3 aliphatic rings. The Morgan fingerprint density at radius 3 is 2.88 bits per heavy atom. The molecule has 0 amide bonds. The molecule has 0 bridgehead atoms. The van der Waals surface area contributed by atoms with Crippen molar-refractivity contribution in [1.29, 1.82) is 0 Å². The molecule has 25 heavy (non-hydrogen) atoms. The second-order valence-corrected chi connectivity index (χ2v) is 7.59. The van der Waals surface area contributed by atoms with Crippen LogP contribution in [0.2, 0.25) is 0 Å². The van der Waals surface area contributed by atoms with Gasteiger partial charge in [-0.2, -0.15) is 0 Å². The Labute approximate surface area is 149 Å². The number of nitrogens with two attached hydrogens (primary N) is 1. The molecule has 1 saturated heterocycles. The van der Waals surface area contributed by atoms with Gasteiger partial charge in [0.25, 0.3) is 0 Å². The number of amidine groups is 1. The molecule has 1 spiro atoms. The monoisotopic (exact) mass is 354 g/mol. The van der Waals surface area contributed by atoms with E-state index in [0.717, 1.165) is 47.6 Å². The maximum Gasteiger partial charge on any atom is 0.155 e. The Kier molecular flexibility index (Phi) is 3.46. The van der Waals surface area contributed by atoms with Crippen molar-refractivity contribution in [3.8, 4) is 16.9 Å². The number of thioether (sulfide) groups is 1. The second-order valence-electron chi connectivity index (χ2n) is 6.59. The largest absolute Gasteiger partial charge is 0.487 e. The molecular formula is C18H18N4O2S. The molecule has 2 N–H and O–H groups in total. The minimum atomic E-state index is -0.473. The van der Waals surface area contributed by atoms with Gasteiger partial charge in [0.15, 0.2) is 5.17 Å². The fraction of sp³-hybridized carbons (Fsp3) is 0.389. The third-order valence-electron chi connectivity index (χ3n) is 5.11. The zero-order valence-corrected chi connectivity index (χ0v) is 14.4. The van der Waals surface area contributed by atoms with Gasteiger partial charge in [-0.05, 0) is 30.5 Å². The van der Waals surface area contributed by atoms with Crippen LogP contribution >= 0.6 is 11.8 Å². The molecule has 2 aromatic rings. The number of nitrogens with zero attached hydrogens (tertiary/aromatic N) is 3. The minimum absolute atomic E-state index is 0.0300. The van der Waals surface area contributed by atoms with Crippen LogP contribution in [0.3, 0.4) is 0 Å². The topological polar surface area (TPSA) is 82.6 Å². The third-order valence-corrected chi connectivity index (χ3v) is 6.08. The van der Waals surface area contributed by atoms with Gasteiger partial charge >= 0.3 is 0 Å². The van der Waals surface area contributed by atoms with E-state index in [4.69, 9.17) is 20.2 Å². The van der Waals surface area contributed by atoms with E-state index in [1.165, 1.54) is 6.33 Å². The average Bonchev–Trinajstić information content (AvgIpc) is 3.05. The fourth-order valence-corrected chi connectivity index (χ4v) is 4.94. The first-order valence-electron chi connectivity index (χ1n) is 8.42. The Bertz CT molecular complexity index is 844. The van der Waals surface area contributed by atoms with E-state index < -0.39 is 5.54 Å². The molecule has 1 aromatic carbocycles. The maximum atomic E-state index is 6.27. The second kappa shape index (κ2) is 5.71. The highest BCUT2D eigenvalue weighted by molar-refractivity contribution is 8.14. The summed E-state index contributed by atoms with van der Waals surface area (Å²) in [5.74, 6) is 1.66. The van der Waals surface area contributed by atoms with Crippen molar-refractivity contribution in [3.63, 3.8) is 0 Å². The van der Waals surface area contributed by atoms with E-state index in [0.29, 0.717) is 5.17 Å². The lowest BCUT2D eigenvalue weighted by Crippen LogP contribution is -2.55. The Morgan fingerprint density at radius 2 is 2.08 bits per heavy atom. The standard InChI is InChI=1S/C18H18N4O2S/c19-17-22-18(9-25-17)13-6-11(12-7-20-10-21-8-12)3-4-14(13)24-15-2-1-5-23-16(15)18/h3-4,6-8,10,15-16H,1-2,5,9H2,(H2,19,22)/t15?,16-,18?/m0/s1. The Morgan fingerprint density at radius 1 is 1.20 bits per heavy atom. The third kappa shape index (κ3) is 2.33. The van der Waals surface area contributed by atoms with Gasteiger partial charge < -0.3 is 15.2 Å². The summed E-state index contributed by atoms with van der Waals surface area (Å²) in [6.45, 7) is 0.744. The Hall–Kier alpha value is -2.12. The molecule has 7 heteroatoms. The van der Waals surface area contributed by atoms with Crippen molar-refractivity contribution >= 4 is 16.9 Å². The molecule has 4 heterocycles. The van der Waals surface area contributed by atoms with Crippen LogP contribution in [0, 0.1) is 0 Å². The molecule has 1 fully saturated rings. The minimum Gasteiger partial charge on any atom is -0.487 e. The number of fused-ring (bicyclic) bond motifs is 4. The molecule has 3 atom stereocenters. The van der Waals surface area contributed by atoms with Gasteiger partial charge in [-0.3, -0.25) is 0 Å². The molecule has 2 unspecified atom stereocenters. The van der Waals surface area contributed by atoms with Gasteiger partial charge in [0, 0.05) is 35.9 Å². The highest BCUT2D eigenvalue weighted by atomic mass is 32.2. The van der Waals surface area contributed by atoms with Crippen molar-refractivity contribution in [1.82, 2.24) is 9.97 Å². The van der Waals surface area contributed by atoms with Crippen molar-refractivity contribution in [3.05, 3.63) is 42.5 Å². The van der Waals surface area contributed by atoms with Crippen LogP contribution in [0.1, 0.15) is 18.4 Å². The van der Waals surface area contributed by atoms with Crippen LogP contribution in [0.5, 0.6) is 5.75 Å². The lowest BCUT2D eigenvalue weighted by Gasteiger charge is -2.46. The molecular weight excluding hydrogens is 336 g/mol. The van der Waals surface area contributed by atoms with Gasteiger partial charge in [0.2, 0.25) is 0 Å². The molecule has 0 aliphatic carbocycles. The summed E-state index contributed by atoms with van der Waals surface area (Å²) in [4.78, 5) is 13.1. The summed E-state index contributed by atoms with van der Waals surface area (Å²) in [6, 6.07) is 6.20. The highest BCUT2D eigenvalue weighted by Gasteiger charge is 2.54. The zero-order valence-electron chi connectivity index (χ0n) is 13.6. The van der Waals surface area contributed by atoms with E-state index in [1.807, 2.05) is 24.5 Å². The molecule has 1 aromatic heterocycles. The first-order valence-corrected chi connectivity index (χ1v) is 9.41. The van der Waals surface area contributed by atoms with E-state index in [2.05, 4.69) is 16.0 Å². The van der Waals surface area contributed by atoms with Crippen LogP contribution in [0.25, 0.3) is 11.1 Å². The lowest BCUT2D eigenvalue weighted by atomic mass is 9.78.